The van der Waals surface area contributed by atoms with Crippen molar-refractivity contribution in [2.24, 2.45) is 0 Å². The van der Waals surface area contributed by atoms with Crippen molar-refractivity contribution in [1.29, 1.82) is 0 Å². The van der Waals surface area contributed by atoms with Gasteiger partial charge >= 0.3 is 36.2 Å². The van der Waals surface area contributed by atoms with Crippen LogP contribution in [0.1, 0.15) is 0 Å². The molecule has 0 spiro atoms. The smallest absolute Gasteiger partial charge is 0.422 e. The van der Waals surface area contributed by atoms with Crippen LogP contribution < -0.4 is 4.74 Å². The first-order valence-electron chi connectivity index (χ1n) is 6.01. The van der Waals surface area contributed by atoms with Crippen molar-refractivity contribution in [3.63, 3.8) is 0 Å². The largest absolute Gasteiger partial charge is 0.462 e. The molecule has 0 aromatic heterocycles. The Morgan fingerprint density at radius 3 is 1.58 bits per heavy atom. The molecule has 148 valence electrons. The lowest BCUT2D eigenvalue weighted by atomic mass is 10.2. The lowest BCUT2D eigenvalue weighted by molar-refractivity contribution is -0.474. The van der Waals surface area contributed by atoms with E-state index in [1.165, 1.54) is 6.07 Å². The third-order valence-corrected chi connectivity index (χ3v) is 2.57. The lowest BCUT2D eigenvalue weighted by Gasteiger charge is -2.33. The number of esters is 1. The molecule has 0 radical (unpaired) electrons. The average molecular weight is 406 g/mol. The second kappa shape index (κ2) is 6.55. The van der Waals surface area contributed by atoms with Gasteiger partial charge in [-0.05, 0) is 12.1 Å². The van der Waals surface area contributed by atoms with Gasteiger partial charge in [-0.25, -0.2) is 4.79 Å². The number of hydrogen-bond donors (Lipinski definition) is 0. The van der Waals surface area contributed by atoms with Gasteiger partial charge in [0.05, 0.1) is 0 Å². The average Bonchev–Trinajstić information content (AvgIpc) is 2.45. The summed E-state index contributed by atoms with van der Waals surface area (Å²) in [5.74, 6) is -17.8. The molecule has 26 heavy (non-hydrogen) atoms. The Morgan fingerprint density at radius 2 is 1.19 bits per heavy atom. The lowest BCUT2D eigenvalue weighted by Crippen LogP contribution is -2.62. The van der Waals surface area contributed by atoms with Crippen molar-refractivity contribution < 1.29 is 62.6 Å². The second-order valence-corrected chi connectivity index (χ2v) is 4.49. The van der Waals surface area contributed by atoms with E-state index >= 15 is 0 Å². The number of carbonyl (C=O) groups excluding carboxylic acids is 1. The maximum atomic E-state index is 13.8. The van der Waals surface area contributed by atoms with E-state index in [-0.39, 0.29) is 0 Å². The SMILES string of the molecule is O=C(Oc1ccccc1)[C@@](F)(OC(F)(F)C(F)(F)C(F)(F)F)C(F)(F)F. The Morgan fingerprint density at radius 1 is 0.731 bits per heavy atom. The van der Waals surface area contributed by atoms with Gasteiger partial charge in [0.15, 0.2) is 0 Å². The zero-order chi connectivity index (χ0) is 20.6. The second-order valence-electron chi connectivity index (χ2n) is 4.49. The number of halogens is 11. The molecular formula is C12H5F11O3. The molecule has 0 unspecified atom stereocenters. The number of hydrogen-bond acceptors (Lipinski definition) is 3. The molecule has 0 aliphatic rings. The predicted octanol–water partition coefficient (Wildman–Crippen LogP) is 4.63. The van der Waals surface area contributed by atoms with Crippen LogP contribution in [0.15, 0.2) is 30.3 Å². The van der Waals surface area contributed by atoms with E-state index in [9.17, 15) is 53.1 Å². The van der Waals surface area contributed by atoms with Crippen LogP contribution in [0, 0.1) is 0 Å². The summed E-state index contributed by atoms with van der Waals surface area (Å²) in [5, 5.41) is 0. The van der Waals surface area contributed by atoms with Gasteiger partial charge in [-0.15, -0.1) is 0 Å². The molecule has 14 heteroatoms. The van der Waals surface area contributed by atoms with Crippen molar-refractivity contribution >= 4 is 5.97 Å². The number of carbonyl (C=O) groups is 1. The Kier molecular flexibility index (Phi) is 5.53. The maximum absolute atomic E-state index is 13.8. The summed E-state index contributed by atoms with van der Waals surface area (Å²) in [7, 11) is 0. The number of para-hydroxylation sites is 1. The summed E-state index contributed by atoms with van der Waals surface area (Å²) in [5.41, 5.74) is 0. The Labute approximate surface area is 136 Å². The standard InChI is InChI=1S/C12H5F11O3/c13-8(10(16,17)18,7(24)25-6-4-2-1-3-5-6)26-12(22,23)9(14,15)11(19,20)21/h1-5H/t8-/m1/s1. The predicted molar refractivity (Wildman–Crippen MR) is 59.0 cm³/mol. The Balaban J connectivity index is 3.27. The topological polar surface area (TPSA) is 35.5 Å². The minimum absolute atomic E-state index is 0.733. The minimum Gasteiger partial charge on any atom is -0.422 e. The van der Waals surface area contributed by atoms with Crippen molar-refractivity contribution in [2.45, 2.75) is 30.2 Å². The van der Waals surface area contributed by atoms with Crippen LogP contribution in [0.25, 0.3) is 0 Å². The van der Waals surface area contributed by atoms with Crippen LogP contribution in [0.4, 0.5) is 48.3 Å². The van der Waals surface area contributed by atoms with Crippen molar-refractivity contribution in [2.75, 3.05) is 0 Å². The summed E-state index contributed by atoms with van der Waals surface area (Å²) >= 11 is 0. The van der Waals surface area contributed by atoms with Crippen LogP contribution in [0.2, 0.25) is 0 Å². The van der Waals surface area contributed by atoms with Gasteiger partial charge in [-0.2, -0.15) is 48.3 Å². The fourth-order valence-electron chi connectivity index (χ4n) is 1.28. The Bertz CT molecular complexity index is 638. The summed E-state index contributed by atoms with van der Waals surface area (Å²) < 4.78 is 144. The molecule has 0 N–H and O–H groups in total. The number of rotatable bonds is 5. The summed E-state index contributed by atoms with van der Waals surface area (Å²) in [4.78, 5) is 11.2. The van der Waals surface area contributed by atoms with Gasteiger partial charge in [-0.3, -0.25) is 4.74 Å². The van der Waals surface area contributed by atoms with Crippen molar-refractivity contribution in [1.82, 2.24) is 0 Å². The summed E-state index contributed by atoms with van der Waals surface area (Å²) in [6, 6.07) is 4.76. The highest BCUT2D eigenvalue weighted by Gasteiger charge is 2.80. The molecular weight excluding hydrogens is 401 g/mol. The summed E-state index contributed by atoms with van der Waals surface area (Å²) in [6.45, 7) is 0. The van der Waals surface area contributed by atoms with E-state index in [0.717, 1.165) is 24.3 Å². The molecule has 3 nitrogen and oxygen atoms in total. The molecule has 1 aromatic carbocycles. The molecule has 1 aromatic rings. The number of alkyl halides is 11. The maximum Gasteiger partial charge on any atom is 0.462 e. The van der Waals surface area contributed by atoms with Crippen LogP contribution in [-0.2, 0) is 9.53 Å². The van der Waals surface area contributed by atoms with E-state index < -0.39 is 42.0 Å². The highest BCUT2D eigenvalue weighted by atomic mass is 19.4. The number of benzene rings is 1. The van der Waals surface area contributed by atoms with Crippen molar-refractivity contribution in [3.8, 4) is 5.75 Å². The highest BCUT2D eigenvalue weighted by molar-refractivity contribution is 5.81. The van der Waals surface area contributed by atoms with Gasteiger partial charge in [-0.1, -0.05) is 18.2 Å². The molecule has 1 rings (SSSR count). The van der Waals surface area contributed by atoms with Crippen molar-refractivity contribution in [3.05, 3.63) is 30.3 Å². The van der Waals surface area contributed by atoms with Crippen LogP contribution in [0.3, 0.4) is 0 Å². The third-order valence-electron chi connectivity index (χ3n) is 2.57. The molecule has 0 heterocycles. The first-order valence-corrected chi connectivity index (χ1v) is 6.01. The van der Waals surface area contributed by atoms with Gasteiger partial charge < -0.3 is 4.74 Å². The molecule has 0 amide bonds. The molecule has 1 atom stereocenters. The van der Waals surface area contributed by atoms with Gasteiger partial charge in [0.1, 0.15) is 5.75 Å². The molecule has 0 aliphatic carbocycles. The van der Waals surface area contributed by atoms with Crippen LogP contribution >= 0.6 is 0 Å². The first kappa shape index (κ1) is 21.9. The van der Waals surface area contributed by atoms with E-state index in [1.54, 1.807) is 0 Å². The van der Waals surface area contributed by atoms with E-state index in [0.29, 0.717) is 0 Å². The fourth-order valence-corrected chi connectivity index (χ4v) is 1.28. The fraction of sp³-hybridized carbons (Fsp3) is 0.417. The number of ether oxygens (including phenoxy) is 2. The van der Waals surface area contributed by atoms with Crippen LogP contribution in [0.5, 0.6) is 5.75 Å². The highest BCUT2D eigenvalue weighted by Crippen LogP contribution is 2.51. The molecule has 0 bridgehead atoms. The molecule has 0 fully saturated rings. The van der Waals surface area contributed by atoms with E-state index in [4.69, 9.17) is 0 Å². The van der Waals surface area contributed by atoms with Crippen LogP contribution in [-0.4, -0.2) is 36.2 Å². The van der Waals surface area contributed by atoms with Gasteiger partial charge in [0, 0.05) is 0 Å². The third kappa shape index (κ3) is 3.99. The molecule has 0 saturated carbocycles. The van der Waals surface area contributed by atoms with E-state index in [2.05, 4.69) is 4.74 Å². The first-order chi connectivity index (χ1) is 11.5. The molecule has 0 aliphatic heterocycles. The quantitative estimate of drug-likeness (QED) is 0.407. The Hall–Kier alpha value is -2.12. The van der Waals surface area contributed by atoms with Gasteiger partial charge in [0.2, 0.25) is 0 Å². The summed E-state index contributed by atoms with van der Waals surface area (Å²) in [6.07, 6.45) is -21.0. The molecule has 0 saturated heterocycles. The monoisotopic (exact) mass is 406 g/mol. The minimum atomic E-state index is -7.25. The van der Waals surface area contributed by atoms with E-state index in [1.807, 2.05) is 4.74 Å². The zero-order valence-corrected chi connectivity index (χ0v) is 11.8. The zero-order valence-electron chi connectivity index (χ0n) is 11.8. The normalized spacial score (nSPS) is 16.1. The van der Waals surface area contributed by atoms with Gasteiger partial charge in [0.25, 0.3) is 0 Å².